The molecule has 5 aromatic rings. The quantitative estimate of drug-likeness (QED) is 0.209. The summed E-state index contributed by atoms with van der Waals surface area (Å²) in [6.45, 7) is 12.1. The van der Waals surface area contributed by atoms with E-state index in [0.717, 1.165) is 73.5 Å². The summed E-state index contributed by atoms with van der Waals surface area (Å²) in [7, 11) is 0. The lowest BCUT2D eigenvalue weighted by Gasteiger charge is -2.10. The molecule has 4 aromatic heterocycles. The van der Waals surface area contributed by atoms with Crippen molar-refractivity contribution in [3.05, 3.63) is 109 Å². The van der Waals surface area contributed by atoms with Gasteiger partial charge in [0, 0.05) is 40.1 Å². The minimum Gasteiger partial charge on any atom is -0.359 e. The highest BCUT2D eigenvalue weighted by Crippen LogP contribution is 2.33. The number of rotatable bonds is 8. The van der Waals surface area contributed by atoms with E-state index in [-0.39, 0.29) is 0 Å². The number of aromatic nitrogens is 5. The molecule has 0 aliphatic heterocycles. The van der Waals surface area contributed by atoms with Gasteiger partial charge in [0.2, 0.25) is 0 Å². The van der Waals surface area contributed by atoms with Crippen molar-refractivity contribution < 1.29 is 0 Å². The summed E-state index contributed by atoms with van der Waals surface area (Å²) >= 11 is 0. The van der Waals surface area contributed by atoms with Gasteiger partial charge in [0.1, 0.15) is 5.69 Å². The van der Waals surface area contributed by atoms with Crippen LogP contribution in [0, 0.1) is 0 Å². The van der Waals surface area contributed by atoms with E-state index in [4.69, 9.17) is 0 Å². The van der Waals surface area contributed by atoms with Crippen molar-refractivity contribution in [2.24, 2.45) is 0 Å². The number of fused-ring (bicyclic) bond motifs is 2. The molecule has 6 heteroatoms. The first-order chi connectivity index (χ1) is 17.6. The number of pyridine rings is 2. The van der Waals surface area contributed by atoms with Gasteiger partial charge < -0.3 is 10.3 Å². The molecule has 36 heavy (non-hydrogen) atoms. The molecule has 4 heterocycles. The standard InChI is InChI=1S/C30H28N6/c1-5-19(4)33-22(7-3)16-20(6-2)21-11-12-26-23(17-21)30(36-35-26)28-18-24-25(34-28)13-15-32-29(24)27-10-8-9-14-31-27/h6-18,33-34H,3-5H2,1-2H3,(H,35,36)/b20-6+,22-16+. The second kappa shape index (κ2) is 9.88. The Bertz CT molecular complexity index is 1630. The number of allylic oxidation sites excluding steroid dienone is 5. The second-order valence-electron chi connectivity index (χ2n) is 8.48. The molecule has 0 amide bonds. The highest BCUT2D eigenvalue weighted by Gasteiger charge is 2.15. The molecule has 3 N–H and O–H groups in total. The van der Waals surface area contributed by atoms with E-state index in [1.54, 1.807) is 12.4 Å². The van der Waals surface area contributed by atoms with Crippen LogP contribution < -0.4 is 5.32 Å². The summed E-state index contributed by atoms with van der Waals surface area (Å²) < 4.78 is 0. The molecule has 0 saturated carbocycles. The predicted molar refractivity (Wildman–Crippen MR) is 149 cm³/mol. The Kier molecular flexibility index (Phi) is 6.33. The van der Waals surface area contributed by atoms with Crippen LogP contribution in [-0.2, 0) is 0 Å². The van der Waals surface area contributed by atoms with Gasteiger partial charge in [-0.05, 0) is 73.0 Å². The molecule has 5 rings (SSSR count). The van der Waals surface area contributed by atoms with E-state index < -0.39 is 0 Å². The Balaban J connectivity index is 1.57. The number of nitrogens with one attached hydrogen (secondary N) is 3. The van der Waals surface area contributed by atoms with Crippen LogP contribution in [0.2, 0.25) is 0 Å². The van der Waals surface area contributed by atoms with Crippen molar-refractivity contribution in [2.45, 2.75) is 20.3 Å². The number of hydrogen-bond donors (Lipinski definition) is 3. The zero-order valence-electron chi connectivity index (χ0n) is 20.5. The van der Waals surface area contributed by atoms with Crippen LogP contribution in [0.15, 0.2) is 104 Å². The fraction of sp³-hybridized carbons (Fsp3) is 0.100. The van der Waals surface area contributed by atoms with Crippen LogP contribution in [0.3, 0.4) is 0 Å². The third-order valence-electron chi connectivity index (χ3n) is 6.20. The lowest BCUT2D eigenvalue weighted by molar-refractivity contribution is 0.921. The maximum Gasteiger partial charge on any atom is 0.116 e. The van der Waals surface area contributed by atoms with Crippen molar-refractivity contribution in [3.63, 3.8) is 0 Å². The first-order valence-electron chi connectivity index (χ1n) is 11.9. The van der Waals surface area contributed by atoms with E-state index in [1.807, 2.05) is 37.3 Å². The van der Waals surface area contributed by atoms with Gasteiger partial charge in [0.15, 0.2) is 0 Å². The molecule has 0 aliphatic rings. The first-order valence-corrected chi connectivity index (χ1v) is 11.9. The Morgan fingerprint density at radius 3 is 2.61 bits per heavy atom. The molecule has 0 unspecified atom stereocenters. The largest absolute Gasteiger partial charge is 0.359 e. The van der Waals surface area contributed by atoms with Crippen molar-refractivity contribution in [2.75, 3.05) is 0 Å². The maximum absolute atomic E-state index is 4.65. The van der Waals surface area contributed by atoms with Gasteiger partial charge in [0.25, 0.3) is 0 Å². The van der Waals surface area contributed by atoms with Gasteiger partial charge in [-0.3, -0.25) is 15.1 Å². The van der Waals surface area contributed by atoms with Crippen molar-refractivity contribution in [1.29, 1.82) is 0 Å². The van der Waals surface area contributed by atoms with E-state index >= 15 is 0 Å². The van der Waals surface area contributed by atoms with Crippen LogP contribution >= 0.6 is 0 Å². The summed E-state index contributed by atoms with van der Waals surface area (Å²) in [5.41, 5.74) is 9.44. The molecule has 178 valence electrons. The number of aromatic amines is 2. The van der Waals surface area contributed by atoms with Gasteiger partial charge >= 0.3 is 0 Å². The topological polar surface area (TPSA) is 82.3 Å². The third-order valence-corrected chi connectivity index (χ3v) is 6.20. The molecule has 1 aromatic carbocycles. The molecule has 0 saturated heterocycles. The Labute approximate surface area is 210 Å². The summed E-state index contributed by atoms with van der Waals surface area (Å²) in [4.78, 5) is 12.6. The third kappa shape index (κ3) is 4.36. The normalized spacial score (nSPS) is 12.3. The lowest BCUT2D eigenvalue weighted by Crippen LogP contribution is -2.09. The number of H-pyrrole nitrogens is 2. The number of nitrogens with zero attached hydrogens (tertiary/aromatic N) is 3. The maximum atomic E-state index is 4.65. The second-order valence-corrected chi connectivity index (χ2v) is 8.48. The molecule has 0 aliphatic carbocycles. The Morgan fingerprint density at radius 1 is 1.00 bits per heavy atom. The zero-order chi connectivity index (χ0) is 25.1. The predicted octanol–water partition coefficient (Wildman–Crippen LogP) is 7.15. The monoisotopic (exact) mass is 472 g/mol. The number of benzene rings is 1. The molecule has 0 spiro atoms. The highest BCUT2D eigenvalue weighted by atomic mass is 15.1. The minimum absolute atomic E-state index is 0.838. The molecular formula is C30H28N6. The van der Waals surface area contributed by atoms with Crippen LogP contribution in [0.25, 0.3) is 50.2 Å². The van der Waals surface area contributed by atoms with Crippen LogP contribution in [0.4, 0.5) is 0 Å². The van der Waals surface area contributed by atoms with Crippen LogP contribution in [0.1, 0.15) is 25.8 Å². The SMILES string of the molecule is C=C/C(=C\C(=C/C)c1ccc2[nH]nc(-c3cc4c(-c5ccccn5)nccc4[nH]3)c2c1)NC(=C)CC. The zero-order valence-corrected chi connectivity index (χ0v) is 20.5. The summed E-state index contributed by atoms with van der Waals surface area (Å²) in [6.07, 6.45) is 10.4. The fourth-order valence-corrected chi connectivity index (χ4v) is 4.23. The van der Waals surface area contributed by atoms with Crippen LogP contribution in [0.5, 0.6) is 0 Å². The lowest BCUT2D eigenvalue weighted by atomic mass is 10.0. The molecule has 6 nitrogen and oxygen atoms in total. The van der Waals surface area contributed by atoms with Crippen LogP contribution in [-0.4, -0.2) is 25.1 Å². The minimum atomic E-state index is 0.838. The molecule has 0 radical (unpaired) electrons. The summed E-state index contributed by atoms with van der Waals surface area (Å²) in [5.74, 6) is 0. The molecule has 0 atom stereocenters. The van der Waals surface area contributed by atoms with Crippen molar-refractivity contribution in [3.8, 4) is 22.8 Å². The van der Waals surface area contributed by atoms with E-state index in [1.165, 1.54) is 0 Å². The first kappa shape index (κ1) is 23.1. The molecular weight excluding hydrogens is 444 g/mol. The van der Waals surface area contributed by atoms with Gasteiger partial charge in [-0.2, -0.15) is 5.10 Å². The molecule has 0 fully saturated rings. The van der Waals surface area contributed by atoms with Gasteiger partial charge in [0.05, 0.1) is 22.6 Å². The van der Waals surface area contributed by atoms with Gasteiger partial charge in [-0.1, -0.05) is 38.3 Å². The fourth-order valence-electron chi connectivity index (χ4n) is 4.23. The summed E-state index contributed by atoms with van der Waals surface area (Å²) in [6, 6.07) is 16.2. The van der Waals surface area contributed by atoms with E-state index in [9.17, 15) is 0 Å². The smallest absolute Gasteiger partial charge is 0.116 e. The Hall–Kier alpha value is -4.71. The van der Waals surface area contributed by atoms with E-state index in [0.29, 0.717) is 0 Å². The summed E-state index contributed by atoms with van der Waals surface area (Å²) in [5, 5.41) is 13.2. The van der Waals surface area contributed by atoms with Gasteiger partial charge in [-0.15, -0.1) is 0 Å². The van der Waals surface area contributed by atoms with E-state index in [2.05, 4.69) is 87.0 Å². The highest BCUT2D eigenvalue weighted by molar-refractivity contribution is 6.00. The number of hydrogen-bond acceptors (Lipinski definition) is 4. The molecule has 0 bridgehead atoms. The van der Waals surface area contributed by atoms with Gasteiger partial charge in [-0.25, -0.2) is 0 Å². The van der Waals surface area contributed by atoms with Crippen molar-refractivity contribution in [1.82, 2.24) is 30.5 Å². The Morgan fingerprint density at radius 2 is 1.86 bits per heavy atom. The average molecular weight is 473 g/mol. The average Bonchev–Trinajstić information content (AvgIpc) is 3.54. The van der Waals surface area contributed by atoms with Crippen molar-refractivity contribution >= 4 is 27.4 Å².